The van der Waals surface area contributed by atoms with Gasteiger partial charge in [0, 0.05) is 31.1 Å². The fraction of sp³-hybridized carbons (Fsp3) is 0.231. The Hall–Kier alpha value is -4.60. The van der Waals surface area contributed by atoms with Crippen LogP contribution >= 0.6 is 0 Å². The number of benzene rings is 2. The minimum Gasteiger partial charge on any atom is -0.477 e. The summed E-state index contributed by atoms with van der Waals surface area (Å²) in [7, 11) is 0. The molecule has 0 bridgehead atoms. The van der Waals surface area contributed by atoms with Gasteiger partial charge in [-0.1, -0.05) is 24.3 Å². The van der Waals surface area contributed by atoms with Crippen molar-refractivity contribution in [3.05, 3.63) is 70.8 Å². The molecule has 0 spiro atoms. The van der Waals surface area contributed by atoms with Crippen LogP contribution in [0.2, 0.25) is 0 Å². The predicted octanol–water partition coefficient (Wildman–Crippen LogP) is 3.41. The first-order chi connectivity index (χ1) is 16.9. The summed E-state index contributed by atoms with van der Waals surface area (Å²) < 4.78 is 9.87. The van der Waals surface area contributed by atoms with Gasteiger partial charge in [0.1, 0.15) is 23.3 Å². The minimum absolute atomic E-state index is 0.103. The van der Waals surface area contributed by atoms with E-state index in [0.717, 1.165) is 24.5 Å². The van der Waals surface area contributed by atoms with Crippen LogP contribution in [-0.2, 0) is 19.1 Å². The zero-order chi connectivity index (χ0) is 25.2. The number of carbonyl (C=O) groups excluding carboxylic acids is 1. The third kappa shape index (κ3) is 6.70. The predicted molar refractivity (Wildman–Crippen MR) is 130 cm³/mol. The van der Waals surface area contributed by atoms with Crippen molar-refractivity contribution in [1.29, 1.82) is 10.5 Å². The van der Waals surface area contributed by atoms with Gasteiger partial charge in [0.2, 0.25) is 0 Å². The lowest BCUT2D eigenvalue weighted by Crippen LogP contribution is -2.24. The van der Waals surface area contributed by atoms with E-state index in [4.69, 9.17) is 19.8 Å². The molecule has 1 N–H and O–H groups in total. The fourth-order valence-corrected chi connectivity index (χ4v) is 3.44. The van der Waals surface area contributed by atoms with Crippen molar-refractivity contribution in [1.82, 2.24) is 0 Å². The molecular formula is C26H24N4O5. The normalized spacial score (nSPS) is 13.8. The van der Waals surface area contributed by atoms with Crippen LogP contribution in [0, 0.1) is 22.7 Å². The quantitative estimate of drug-likeness (QED) is 0.192. The summed E-state index contributed by atoms with van der Waals surface area (Å²) in [6, 6.07) is 18.4. The van der Waals surface area contributed by atoms with E-state index in [1.165, 1.54) is 12.2 Å². The van der Waals surface area contributed by atoms with Gasteiger partial charge in [-0.3, -0.25) is 0 Å². The molecule has 0 atom stereocenters. The molecule has 3 rings (SSSR count). The molecule has 35 heavy (non-hydrogen) atoms. The molecule has 0 saturated carbocycles. The lowest BCUT2D eigenvalue weighted by Gasteiger charge is -2.21. The summed E-state index contributed by atoms with van der Waals surface area (Å²) in [6.07, 6.45) is 2.82. The van der Waals surface area contributed by atoms with Crippen molar-refractivity contribution in [2.24, 2.45) is 0 Å². The minimum atomic E-state index is -1.25. The van der Waals surface area contributed by atoms with Crippen LogP contribution in [0.25, 0.3) is 12.2 Å². The summed E-state index contributed by atoms with van der Waals surface area (Å²) in [5.41, 5.74) is 2.92. The Morgan fingerprint density at radius 3 is 1.83 bits per heavy atom. The van der Waals surface area contributed by atoms with Gasteiger partial charge < -0.3 is 24.4 Å². The molecule has 1 aliphatic heterocycles. The van der Waals surface area contributed by atoms with Crippen molar-refractivity contribution in [2.45, 2.75) is 6.92 Å². The Kier molecular flexibility index (Phi) is 8.60. The summed E-state index contributed by atoms with van der Waals surface area (Å²) in [5.74, 6) is -1.98. The maximum atomic E-state index is 12.0. The molecule has 1 aliphatic rings. The highest BCUT2D eigenvalue weighted by molar-refractivity contribution is 5.98. The van der Waals surface area contributed by atoms with Crippen LogP contribution in [-0.4, -0.2) is 50.2 Å². The van der Waals surface area contributed by atoms with E-state index < -0.39 is 11.9 Å². The van der Waals surface area contributed by atoms with Crippen LogP contribution in [0.4, 0.5) is 11.4 Å². The van der Waals surface area contributed by atoms with E-state index in [1.54, 1.807) is 25.1 Å². The Balaban J connectivity index is 1.63. The third-order valence-corrected chi connectivity index (χ3v) is 5.29. The van der Waals surface area contributed by atoms with Crippen molar-refractivity contribution in [2.75, 3.05) is 43.0 Å². The molecule has 0 aliphatic carbocycles. The number of rotatable bonds is 9. The van der Waals surface area contributed by atoms with Crippen molar-refractivity contribution in [3.63, 3.8) is 0 Å². The van der Waals surface area contributed by atoms with Crippen LogP contribution in [0.3, 0.4) is 0 Å². The largest absolute Gasteiger partial charge is 0.477 e. The zero-order valence-electron chi connectivity index (χ0n) is 19.2. The number of anilines is 2. The maximum absolute atomic E-state index is 12.0. The Labute approximate surface area is 203 Å². The fourth-order valence-electron chi connectivity index (χ4n) is 3.44. The first-order valence-electron chi connectivity index (χ1n) is 10.9. The van der Waals surface area contributed by atoms with Crippen LogP contribution in [0.15, 0.2) is 59.7 Å². The molecule has 1 fully saturated rings. The molecule has 9 heteroatoms. The Morgan fingerprint density at radius 2 is 1.40 bits per heavy atom. The molecule has 9 nitrogen and oxygen atoms in total. The van der Waals surface area contributed by atoms with E-state index in [1.807, 2.05) is 42.5 Å². The second kappa shape index (κ2) is 12.0. The van der Waals surface area contributed by atoms with Gasteiger partial charge in [-0.2, -0.15) is 10.5 Å². The topological polar surface area (TPSA) is 127 Å². The van der Waals surface area contributed by atoms with Gasteiger partial charge in [-0.05, 0) is 54.5 Å². The van der Waals surface area contributed by atoms with E-state index in [2.05, 4.69) is 9.80 Å². The summed E-state index contributed by atoms with van der Waals surface area (Å²) in [5, 5.41) is 27.2. The number of hydrogen-bond donors (Lipinski definition) is 1. The first-order valence-corrected chi connectivity index (χ1v) is 10.9. The number of nitrogens with zero attached hydrogens (tertiary/aromatic N) is 4. The number of esters is 1. The van der Waals surface area contributed by atoms with Crippen LogP contribution < -0.4 is 9.80 Å². The second-order valence-electron chi connectivity index (χ2n) is 7.54. The average molecular weight is 473 g/mol. The zero-order valence-corrected chi connectivity index (χ0v) is 19.2. The second-order valence-corrected chi connectivity index (χ2v) is 7.54. The highest BCUT2D eigenvalue weighted by Gasteiger charge is 2.20. The monoisotopic (exact) mass is 472 g/mol. The third-order valence-electron chi connectivity index (χ3n) is 5.29. The smallest absolute Gasteiger partial charge is 0.351 e. The molecular weight excluding hydrogens is 448 g/mol. The van der Waals surface area contributed by atoms with Gasteiger partial charge >= 0.3 is 11.9 Å². The average Bonchev–Trinajstić information content (AvgIpc) is 3.36. The van der Waals surface area contributed by atoms with Gasteiger partial charge in [-0.25, -0.2) is 9.59 Å². The van der Waals surface area contributed by atoms with E-state index in [-0.39, 0.29) is 17.9 Å². The SMILES string of the molecule is CCOCOC(=O)/C(C#N)=C/c1ccc(N2CCN(c3ccc(/C=C(\C#N)C(=O)O)cc3)C2)cc1. The van der Waals surface area contributed by atoms with Crippen LogP contribution in [0.1, 0.15) is 18.1 Å². The van der Waals surface area contributed by atoms with E-state index in [9.17, 15) is 14.9 Å². The van der Waals surface area contributed by atoms with Crippen LogP contribution in [0.5, 0.6) is 0 Å². The molecule has 178 valence electrons. The highest BCUT2D eigenvalue weighted by Crippen LogP contribution is 2.25. The van der Waals surface area contributed by atoms with Crippen molar-refractivity contribution in [3.8, 4) is 12.1 Å². The molecule has 0 radical (unpaired) electrons. The molecule has 2 aromatic rings. The molecule has 0 unspecified atom stereocenters. The van der Waals surface area contributed by atoms with Crippen molar-refractivity contribution < 1.29 is 24.2 Å². The van der Waals surface area contributed by atoms with E-state index in [0.29, 0.717) is 24.4 Å². The number of carboxylic acids is 1. The van der Waals surface area contributed by atoms with Gasteiger partial charge in [0.15, 0.2) is 6.79 Å². The summed E-state index contributed by atoms with van der Waals surface area (Å²) in [4.78, 5) is 27.4. The number of carbonyl (C=O) groups is 2. The Morgan fingerprint density at radius 1 is 0.914 bits per heavy atom. The molecule has 0 aromatic heterocycles. The van der Waals surface area contributed by atoms with Crippen molar-refractivity contribution >= 4 is 35.5 Å². The first kappa shape index (κ1) is 25.0. The number of nitriles is 2. The standard InChI is InChI=1S/C26H24N4O5/c1-2-34-18-35-26(33)22(16-28)14-20-5-9-24(10-6-20)30-12-11-29(17-30)23-7-3-19(4-8-23)13-21(15-27)25(31)32/h3-10,13-14H,2,11-12,17-18H2,1H3,(H,31,32)/b21-13+,22-14+. The van der Waals surface area contributed by atoms with E-state index >= 15 is 0 Å². The van der Waals surface area contributed by atoms with Gasteiger partial charge in [0.05, 0.1) is 6.67 Å². The van der Waals surface area contributed by atoms with Gasteiger partial charge in [-0.15, -0.1) is 0 Å². The number of aliphatic carboxylic acids is 1. The lowest BCUT2D eigenvalue weighted by molar-refractivity contribution is -0.150. The summed E-state index contributed by atoms with van der Waals surface area (Å²) in [6.45, 7) is 4.27. The summed E-state index contributed by atoms with van der Waals surface area (Å²) >= 11 is 0. The molecule has 0 amide bonds. The lowest BCUT2D eigenvalue weighted by atomic mass is 10.1. The number of hydrogen-bond acceptors (Lipinski definition) is 8. The number of ether oxygens (including phenoxy) is 2. The maximum Gasteiger partial charge on any atom is 0.351 e. The Bertz CT molecular complexity index is 1200. The molecule has 2 aromatic carbocycles. The molecule has 1 heterocycles. The molecule has 1 saturated heterocycles. The number of carboxylic acid groups (broad SMARTS) is 1. The highest BCUT2D eigenvalue weighted by atomic mass is 16.7. The van der Waals surface area contributed by atoms with Gasteiger partial charge in [0.25, 0.3) is 0 Å².